The number of aliphatic hydroxyl groups excluding tert-OH is 1. The minimum absolute atomic E-state index is 0.114. The number of anilines is 1. The minimum atomic E-state index is -0.525. The third kappa shape index (κ3) is 3.10. The van der Waals surface area contributed by atoms with E-state index in [1.807, 2.05) is 62.4 Å². The number of hydrogen-bond donors (Lipinski definition) is 2. The van der Waals surface area contributed by atoms with Crippen molar-refractivity contribution >= 4 is 16.7 Å². The fraction of sp³-hybridized carbons (Fsp3) is 0.263. The first kappa shape index (κ1) is 16.0. The number of aliphatic hydroxyl groups is 1. The van der Waals surface area contributed by atoms with Crippen LogP contribution in [0, 0.1) is 17.2 Å². The van der Waals surface area contributed by atoms with Gasteiger partial charge in [0.1, 0.15) is 6.07 Å². The predicted molar refractivity (Wildman–Crippen MR) is 93.5 cm³/mol. The van der Waals surface area contributed by atoms with Crippen LogP contribution in [0.25, 0.3) is 22.2 Å². The molecule has 2 N–H and O–H groups in total. The van der Waals surface area contributed by atoms with E-state index in [-0.39, 0.29) is 11.6 Å². The number of benzene rings is 2. The zero-order chi connectivity index (χ0) is 17.1. The Morgan fingerprint density at radius 3 is 2.71 bits per heavy atom. The lowest BCUT2D eigenvalue weighted by Gasteiger charge is -2.14. The van der Waals surface area contributed by atoms with Crippen LogP contribution in [0.3, 0.4) is 0 Å². The first-order valence-corrected chi connectivity index (χ1v) is 7.91. The molecule has 0 aliphatic carbocycles. The van der Waals surface area contributed by atoms with Gasteiger partial charge < -0.3 is 14.8 Å². The highest BCUT2D eigenvalue weighted by atomic mass is 16.4. The van der Waals surface area contributed by atoms with Gasteiger partial charge in [-0.05, 0) is 22.8 Å². The Morgan fingerprint density at radius 2 is 1.96 bits per heavy atom. The van der Waals surface area contributed by atoms with Gasteiger partial charge in [-0.3, -0.25) is 0 Å². The average Bonchev–Trinajstić information content (AvgIpc) is 3.02. The largest absolute Gasteiger partial charge is 0.419 e. The smallest absolute Gasteiger partial charge is 0.232 e. The number of nitrogens with one attached hydrogen (secondary N) is 1. The zero-order valence-corrected chi connectivity index (χ0v) is 13.7. The Bertz CT molecular complexity index is 888. The number of oxazole rings is 1. The van der Waals surface area contributed by atoms with Gasteiger partial charge in [-0.15, -0.1) is 0 Å². The first-order chi connectivity index (χ1) is 11.6. The van der Waals surface area contributed by atoms with Gasteiger partial charge in [-0.2, -0.15) is 10.2 Å². The van der Waals surface area contributed by atoms with E-state index in [4.69, 9.17) is 4.42 Å². The maximum absolute atomic E-state index is 9.91. The third-order valence-electron chi connectivity index (χ3n) is 3.99. The molecular formula is C19H19N3O2. The molecule has 0 aliphatic rings. The molecule has 0 amide bonds. The fourth-order valence-corrected chi connectivity index (χ4v) is 2.48. The van der Waals surface area contributed by atoms with Gasteiger partial charge in [0.15, 0.2) is 0 Å². The lowest BCUT2D eigenvalue weighted by Crippen LogP contribution is -2.24. The van der Waals surface area contributed by atoms with Crippen molar-refractivity contribution in [1.82, 2.24) is 4.98 Å². The predicted octanol–water partition coefficient (Wildman–Crippen LogP) is 3.80. The number of fused-ring (bicyclic) bond motifs is 1. The SMILES string of the molecule is CC(C)C(O)CNc1oc(-c2cccc3ccccc23)nc1C#N. The van der Waals surface area contributed by atoms with Crippen molar-refractivity contribution in [3.05, 3.63) is 48.2 Å². The van der Waals surface area contributed by atoms with E-state index < -0.39 is 6.10 Å². The molecule has 2 aromatic carbocycles. The highest BCUT2D eigenvalue weighted by Gasteiger charge is 2.17. The van der Waals surface area contributed by atoms with E-state index >= 15 is 0 Å². The first-order valence-electron chi connectivity index (χ1n) is 7.91. The van der Waals surface area contributed by atoms with Crippen molar-refractivity contribution in [3.8, 4) is 17.5 Å². The fourth-order valence-electron chi connectivity index (χ4n) is 2.48. The summed E-state index contributed by atoms with van der Waals surface area (Å²) >= 11 is 0. The van der Waals surface area contributed by atoms with E-state index in [9.17, 15) is 10.4 Å². The summed E-state index contributed by atoms with van der Waals surface area (Å²) in [6.07, 6.45) is -0.525. The Hall–Kier alpha value is -2.84. The van der Waals surface area contributed by atoms with Crippen LogP contribution < -0.4 is 5.32 Å². The van der Waals surface area contributed by atoms with Gasteiger partial charge in [-0.25, -0.2) is 0 Å². The summed E-state index contributed by atoms with van der Waals surface area (Å²) in [5.74, 6) is 0.800. The molecule has 0 radical (unpaired) electrons. The molecular weight excluding hydrogens is 302 g/mol. The molecule has 0 aliphatic heterocycles. The normalized spacial score (nSPS) is 12.3. The van der Waals surface area contributed by atoms with Gasteiger partial charge in [0.05, 0.1) is 6.10 Å². The van der Waals surface area contributed by atoms with Gasteiger partial charge in [0.25, 0.3) is 0 Å². The van der Waals surface area contributed by atoms with Crippen LogP contribution in [0.2, 0.25) is 0 Å². The van der Waals surface area contributed by atoms with Crippen molar-refractivity contribution in [3.63, 3.8) is 0 Å². The van der Waals surface area contributed by atoms with Crippen LogP contribution in [0.5, 0.6) is 0 Å². The molecule has 1 aromatic heterocycles. The Morgan fingerprint density at radius 1 is 1.21 bits per heavy atom. The van der Waals surface area contributed by atoms with E-state index in [0.717, 1.165) is 16.3 Å². The summed E-state index contributed by atoms with van der Waals surface area (Å²) in [7, 11) is 0. The number of rotatable bonds is 5. The van der Waals surface area contributed by atoms with Crippen molar-refractivity contribution in [2.45, 2.75) is 20.0 Å². The lowest BCUT2D eigenvalue weighted by atomic mass is 10.0. The van der Waals surface area contributed by atoms with Crippen molar-refractivity contribution < 1.29 is 9.52 Å². The third-order valence-corrected chi connectivity index (χ3v) is 3.99. The molecule has 5 heteroatoms. The zero-order valence-electron chi connectivity index (χ0n) is 13.7. The molecule has 3 rings (SSSR count). The second-order valence-electron chi connectivity index (χ2n) is 6.03. The monoisotopic (exact) mass is 321 g/mol. The maximum Gasteiger partial charge on any atom is 0.232 e. The van der Waals surface area contributed by atoms with Crippen molar-refractivity contribution in [2.24, 2.45) is 5.92 Å². The molecule has 0 saturated carbocycles. The van der Waals surface area contributed by atoms with Crippen LogP contribution in [0.1, 0.15) is 19.5 Å². The number of nitrogens with zero attached hydrogens (tertiary/aromatic N) is 2. The van der Waals surface area contributed by atoms with Crippen molar-refractivity contribution in [1.29, 1.82) is 5.26 Å². The quantitative estimate of drug-likeness (QED) is 0.747. The lowest BCUT2D eigenvalue weighted by molar-refractivity contribution is 0.137. The van der Waals surface area contributed by atoms with Crippen LogP contribution in [0.15, 0.2) is 46.9 Å². The molecule has 3 aromatic rings. The number of nitriles is 1. The van der Waals surface area contributed by atoms with E-state index in [2.05, 4.69) is 10.3 Å². The molecule has 24 heavy (non-hydrogen) atoms. The molecule has 0 bridgehead atoms. The molecule has 5 nitrogen and oxygen atoms in total. The van der Waals surface area contributed by atoms with Crippen LogP contribution in [-0.2, 0) is 0 Å². The van der Waals surface area contributed by atoms with Gasteiger partial charge in [-0.1, -0.05) is 50.2 Å². The molecule has 1 unspecified atom stereocenters. The summed E-state index contributed by atoms with van der Waals surface area (Å²) < 4.78 is 5.77. The molecule has 1 atom stereocenters. The second kappa shape index (κ2) is 6.73. The standard InChI is InChI=1S/C19H19N3O2/c1-12(2)17(23)11-21-19-16(10-20)22-18(24-19)15-9-5-7-13-6-3-4-8-14(13)15/h3-9,12,17,21,23H,11H2,1-2H3. The van der Waals surface area contributed by atoms with Gasteiger partial charge >= 0.3 is 0 Å². The maximum atomic E-state index is 9.91. The highest BCUT2D eigenvalue weighted by Crippen LogP contribution is 2.31. The molecule has 0 saturated heterocycles. The minimum Gasteiger partial charge on any atom is -0.419 e. The van der Waals surface area contributed by atoms with E-state index in [1.165, 1.54) is 0 Å². The summed E-state index contributed by atoms with van der Waals surface area (Å²) in [6, 6.07) is 15.9. The van der Waals surface area contributed by atoms with E-state index in [1.54, 1.807) is 0 Å². The number of hydrogen-bond acceptors (Lipinski definition) is 5. The van der Waals surface area contributed by atoms with Crippen LogP contribution in [-0.4, -0.2) is 22.7 Å². The molecule has 0 spiro atoms. The Kier molecular flexibility index (Phi) is 4.50. The highest BCUT2D eigenvalue weighted by molar-refractivity contribution is 5.94. The summed E-state index contributed by atoms with van der Waals surface area (Å²) in [5, 5.41) is 24.3. The van der Waals surface area contributed by atoms with Crippen LogP contribution >= 0.6 is 0 Å². The summed E-state index contributed by atoms with van der Waals surface area (Å²) in [6.45, 7) is 4.16. The Balaban J connectivity index is 1.96. The van der Waals surface area contributed by atoms with Gasteiger partial charge in [0.2, 0.25) is 17.5 Å². The van der Waals surface area contributed by atoms with E-state index in [0.29, 0.717) is 18.3 Å². The molecule has 122 valence electrons. The van der Waals surface area contributed by atoms with Gasteiger partial charge in [0, 0.05) is 12.1 Å². The topological polar surface area (TPSA) is 82.1 Å². The summed E-state index contributed by atoms with van der Waals surface area (Å²) in [5.41, 5.74) is 1.02. The molecule has 1 heterocycles. The molecule has 0 fully saturated rings. The van der Waals surface area contributed by atoms with Crippen LogP contribution in [0.4, 0.5) is 5.88 Å². The Labute approximate surface area is 140 Å². The van der Waals surface area contributed by atoms with Crippen molar-refractivity contribution in [2.75, 3.05) is 11.9 Å². The second-order valence-corrected chi connectivity index (χ2v) is 6.03. The summed E-state index contributed by atoms with van der Waals surface area (Å²) in [4.78, 5) is 4.30. The average molecular weight is 321 g/mol. The number of aromatic nitrogens is 1.